The van der Waals surface area contributed by atoms with E-state index in [1.807, 2.05) is 6.07 Å². The number of fused-ring (bicyclic) bond motifs is 1. The van der Waals surface area contributed by atoms with Gasteiger partial charge in [0.1, 0.15) is 5.75 Å². The van der Waals surface area contributed by atoms with Crippen molar-refractivity contribution in [2.75, 3.05) is 0 Å². The molecule has 3 N–H and O–H groups in total. The fraction of sp³-hybridized carbons (Fsp3) is 0.400. The summed E-state index contributed by atoms with van der Waals surface area (Å²) in [4.78, 5) is 0. The highest BCUT2D eigenvalue weighted by atomic mass is 16.3. The van der Waals surface area contributed by atoms with Gasteiger partial charge in [0.25, 0.3) is 0 Å². The Bertz CT molecular complexity index is 322. The van der Waals surface area contributed by atoms with Crippen LogP contribution in [0.2, 0.25) is 0 Å². The van der Waals surface area contributed by atoms with E-state index in [0.29, 0.717) is 12.8 Å². The van der Waals surface area contributed by atoms with Crippen molar-refractivity contribution in [2.45, 2.75) is 25.0 Å². The van der Waals surface area contributed by atoms with Crippen LogP contribution in [0.4, 0.5) is 0 Å². The van der Waals surface area contributed by atoms with Crippen molar-refractivity contribution in [3.63, 3.8) is 0 Å². The maximum Gasteiger partial charge on any atom is 0.119 e. The second kappa shape index (κ2) is 3.01. The second-order valence-electron chi connectivity index (χ2n) is 3.46. The van der Waals surface area contributed by atoms with Crippen molar-refractivity contribution in [3.05, 3.63) is 29.3 Å². The summed E-state index contributed by atoms with van der Waals surface area (Å²) in [6.07, 6.45) is -0.691. The van der Waals surface area contributed by atoms with E-state index in [-0.39, 0.29) is 5.75 Å². The zero-order chi connectivity index (χ0) is 9.42. The molecule has 70 valence electrons. The quantitative estimate of drug-likeness (QED) is 0.535. The van der Waals surface area contributed by atoms with E-state index in [1.165, 1.54) is 0 Å². The first-order chi connectivity index (χ1) is 6.18. The number of hydrogen-bond donors (Lipinski definition) is 3. The predicted octanol–water partition coefficient (Wildman–Crippen LogP) is 0.213. The minimum Gasteiger partial charge on any atom is -0.508 e. The van der Waals surface area contributed by atoms with Crippen LogP contribution in [0.15, 0.2) is 18.2 Å². The Morgan fingerprint density at radius 1 is 1.08 bits per heavy atom. The molecule has 1 aromatic rings. The Morgan fingerprint density at radius 2 is 1.77 bits per heavy atom. The number of aliphatic hydroxyl groups excluding tert-OH is 2. The van der Waals surface area contributed by atoms with Gasteiger partial charge in [-0.05, 0) is 17.2 Å². The lowest BCUT2D eigenvalue weighted by atomic mass is 9.87. The molecule has 0 aliphatic heterocycles. The van der Waals surface area contributed by atoms with E-state index in [4.69, 9.17) is 0 Å². The molecule has 0 spiro atoms. The minimum absolute atomic E-state index is 0.212. The smallest absolute Gasteiger partial charge is 0.119 e. The van der Waals surface area contributed by atoms with Gasteiger partial charge in [-0.15, -0.1) is 0 Å². The molecule has 2 atom stereocenters. The van der Waals surface area contributed by atoms with E-state index in [1.54, 1.807) is 12.1 Å². The number of phenols is 1. The first-order valence-corrected chi connectivity index (χ1v) is 4.34. The highest BCUT2D eigenvalue weighted by Crippen LogP contribution is 2.28. The van der Waals surface area contributed by atoms with Crippen molar-refractivity contribution in [1.29, 1.82) is 0 Å². The third kappa shape index (κ3) is 1.41. The first kappa shape index (κ1) is 8.53. The van der Waals surface area contributed by atoms with Crippen LogP contribution in [0.1, 0.15) is 11.1 Å². The van der Waals surface area contributed by atoms with E-state index in [0.717, 1.165) is 11.1 Å². The first-order valence-electron chi connectivity index (χ1n) is 4.34. The number of hydrogen-bond acceptors (Lipinski definition) is 3. The molecule has 3 heteroatoms. The number of aromatic hydroxyl groups is 1. The molecule has 0 saturated carbocycles. The Hall–Kier alpha value is -1.06. The topological polar surface area (TPSA) is 60.7 Å². The van der Waals surface area contributed by atoms with Crippen LogP contribution in [-0.2, 0) is 12.8 Å². The molecule has 0 heterocycles. The molecule has 0 radical (unpaired) electrons. The van der Waals surface area contributed by atoms with Gasteiger partial charge in [0.05, 0.1) is 12.2 Å². The van der Waals surface area contributed by atoms with Crippen LogP contribution in [0.3, 0.4) is 0 Å². The summed E-state index contributed by atoms with van der Waals surface area (Å²) in [5.74, 6) is 0.212. The molecule has 0 saturated heterocycles. The maximum absolute atomic E-state index is 9.47. The molecule has 3 nitrogen and oxygen atoms in total. The van der Waals surface area contributed by atoms with Gasteiger partial charge < -0.3 is 15.3 Å². The molecule has 0 amide bonds. The lowest BCUT2D eigenvalue weighted by molar-refractivity contribution is 0.0137. The van der Waals surface area contributed by atoms with Gasteiger partial charge in [-0.2, -0.15) is 0 Å². The van der Waals surface area contributed by atoms with Crippen LogP contribution in [0.5, 0.6) is 5.75 Å². The monoisotopic (exact) mass is 180 g/mol. The molecule has 1 aliphatic rings. The van der Waals surface area contributed by atoms with Gasteiger partial charge in [-0.1, -0.05) is 12.1 Å². The lowest BCUT2D eigenvalue weighted by Crippen LogP contribution is -2.34. The normalized spacial score (nSPS) is 26.9. The second-order valence-corrected chi connectivity index (χ2v) is 3.46. The molecule has 0 bridgehead atoms. The molecule has 13 heavy (non-hydrogen) atoms. The van der Waals surface area contributed by atoms with Gasteiger partial charge in [0.15, 0.2) is 0 Å². The zero-order valence-corrected chi connectivity index (χ0v) is 7.14. The SMILES string of the molecule is Oc1cccc2c1C[C@@H](O)[C@@H](O)C2. The fourth-order valence-corrected chi connectivity index (χ4v) is 1.75. The molecule has 0 unspecified atom stereocenters. The zero-order valence-electron chi connectivity index (χ0n) is 7.14. The van der Waals surface area contributed by atoms with E-state index in [9.17, 15) is 15.3 Å². The number of phenolic OH excluding ortho intramolecular Hbond substituents is 1. The lowest BCUT2D eigenvalue weighted by Gasteiger charge is -2.26. The third-order valence-corrected chi connectivity index (χ3v) is 2.53. The van der Waals surface area contributed by atoms with Gasteiger partial charge in [-0.3, -0.25) is 0 Å². The van der Waals surface area contributed by atoms with Crippen molar-refractivity contribution in [3.8, 4) is 5.75 Å². The Labute approximate surface area is 76.3 Å². The average Bonchev–Trinajstić information content (AvgIpc) is 2.09. The third-order valence-electron chi connectivity index (χ3n) is 2.53. The standard InChI is InChI=1S/C10H12O3/c11-8-3-1-2-6-4-9(12)10(13)5-7(6)8/h1-3,9-13H,4-5H2/t9-,10+/m0/s1. The molecular weight excluding hydrogens is 168 g/mol. The highest BCUT2D eigenvalue weighted by Gasteiger charge is 2.26. The van der Waals surface area contributed by atoms with Gasteiger partial charge in [0.2, 0.25) is 0 Å². The molecule has 1 aliphatic carbocycles. The Balaban J connectivity index is 2.42. The van der Waals surface area contributed by atoms with Crippen LogP contribution >= 0.6 is 0 Å². The molecule has 0 aromatic heterocycles. The maximum atomic E-state index is 9.47. The van der Waals surface area contributed by atoms with Crippen LogP contribution in [0, 0.1) is 0 Å². The van der Waals surface area contributed by atoms with E-state index < -0.39 is 12.2 Å². The summed E-state index contributed by atoms with van der Waals surface area (Å²) >= 11 is 0. The summed E-state index contributed by atoms with van der Waals surface area (Å²) in [6.45, 7) is 0. The highest BCUT2D eigenvalue weighted by molar-refractivity contribution is 5.41. The van der Waals surface area contributed by atoms with Crippen molar-refractivity contribution in [1.82, 2.24) is 0 Å². The summed E-state index contributed by atoms with van der Waals surface area (Å²) < 4.78 is 0. The van der Waals surface area contributed by atoms with Gasteiger partial charge >= 0.3 is 0 Å². The molecular formula is C10H12O3. The average molecular weight is 180 g/mol. The molecule has 2 rings (SSSR count). The number of rotatable bonds is 0. The van der Waals surface area contributed by atoms with E-state index >= 15 is 0 Å². The Morgan fingerprint density at radius 3 is 2.54 bits per heavy atom. The van der Waals surface area contributed by atoms with Crippen molar-refractivity contribution < 1.29 is 15.3 Å². The fourth-order valence-electron chi connectivity index (χ4n) is 1.75. The predicted molar refractivity (Wildman–Crippen MR) is 47.5 cm³/mol. The van der Waals surface area contributed by atoms with Crippen LogP contribution in [-0.4, -0.2) is 27.5 Å². The van der Waals surface area contributed by atoms with Crippen molar-refractivity contribution >= 4 is 0 Å². The summed E-state index contributed by atoms with van der Waals surface area (Å²) in [7, 11) is 0. The Kier molecular flexibility index (Phi) is 1.98. The summed E-state index contributed by atoms with van der Waals surface area (Å²) in [5.41, 5.74) is 1.69. The van der Waals surface area contributed by atoms with Crippen molar-refractivity contribution in [2.24, 2.45) is 0 Å². The number of benzene rings is 1. The summed E-state index contributed by atoms with van der Waals surface area (Å²) in [6, 6.07) is 5.21. The van der Waals surface area contributed by atoms with Gasteiger partial charge in [0, 0.05) is 12.8 Å². The van der Waals surface area contributed by atoms with E-state index in [2.05, 4.69) is 0 Å². The molecule has 0 fully saturated rings. The van der Waals surface area contributed by atoms with Crippen LogP contribution < -0.4 is 0 Å². The number of aliphatic hydroxyl groups is 2. The minimum atomic E-state index is -0.749. The van der Waals surface area contributed by atoms with Crippen LogP contribution in [0.25, 0.3) is 0 Å². The van der Waals surface area contributed by atoms with Gasteiger partial charge in [-0.25, -0.2) is 0 Å². The molecule has 1 aromatic carbocycles. The summed E-state index contributed by atoms with van der Waals surface area (Å²) in [5, 5.41) is 28.2. The largest absolute Gasteiger partial charge is 0.508 e.